The minimum absolute atomic E-state index is 0.332. The zero-order chi connectivity index (χ0) is 16.9. The maximum atomic E-state index is 10.3. The van der Waals surface area contributed by atoms with E-state index in [1.54, 1.807) is 0 Å². The molecule has 0 bridgehead atoms. The predicted octanol–water partition coefficient (Wildman–Crippen LogP) is 2.79. The molecule has 0 aliphatic carbocycles. The summed E-state index contributed by atoms with van der Waals surface area (Å²) in [6.45, 7) is 2.45. The Bertz CT molecular complexity index is 644. The Morgan fingerprint density at radius 3 is 2.88 bits per heavy atom. The van der Waals surface area contributed by atoms with Gasteiger partial charge in [0.05, 0.1) is 25.5 Å². The first-order chi connectivity index (χ1) is 11.6. The Morgan fingerprint density at radius 1 is 1.38 bits per heavy atom. The number of hydrogen-bond acceptors (Lipinski definition) is 4. The molecule has 5 nitrogen and oxygen atoms in total. The monoisotopic (exact) mass is 349 g/mol. The molecule has 1 aliphatic heterocycles. The second-order valence-electron chi connectivity index (χ2n) is 6.40. The van der Waals surface area contributed by atoms with Gasteiger partial charge >= 0.3 is 0 Å². The van der Waals surface area contributed by atoms with Crippen molar-refractivity contribution < 1.29 is 9.84 Å². The Kier molecular flexibility index (Phi) is 5.89. The minimum Gasteiger partial charge on any atom is -0.389 e. The van der Waals surface area contributed by atoms with Gasteiger partial charge in [-0.1, -0.05) is 23.7 Å². The molecular weight excluding hydrogens is 326 g/mol. The van der Waals surface area contributed by atoms with E-state index >= 15 is 0 Å². The van der Waals surface area contributed by atoms with Gasteiger partial charge in [0, 0.05) is 36.4 Å². The molecule has 24 heavy (non-hydrogen) atoms. The molecule has 1 saturated heterocycles. The Morgan fingerprint density at radius 2 is 2.17 bits per heavy atom. The van der Waals surface area contributed by atoms with E-state index < -0.39 is 6.10 Å². The van der Waals surface area contributed by atoms with Crippen LogP contribution in [0.4, 0.5) is 0 Å². The van der Waals surface area contributed by atoms with Crippen LogP contribution in [0.3, 0.4) is 0 Å². The lowest BCUT2D eigenvalue weighted by Crippen LogP contribution is -2.34. The number of aromatic nitrogens is 2. The molecule has 130 valence electrons. The summed E-state index contributed by atoms with van der Waals surface area (Å²) >= 11 is 5.86. The summed E-state index contributed by atoms with van der Waals surface area (Å²) in [6.07, 6.45) is 5.76. The summed E-state index contributed by atoms with van der Waals surface area (Å²) in [6, 6.07) is 7.92. The van der Waals surface area contributed by atoms with Gasteiger partial charge in [0.2, 0.25) is 0 Å². The first kappa shape index (κ1) is 17.4. The number of hydrogen-bond donors (Lipinski definition) is 1. The maximum absolute atomic E-state index is 10.3. The smallest absolute Gasteiger partial charge is 0.0900 e. The zero-order valence-corrected chi connectivity index (χ0v) is 14.7. The van der Waals surface area contributed by atoms with Crippen LogP contribution in [0, 0.1) is 0 Å². The van der Waals surface area contributed by atoms with Crippen molar-refractivity contribution in [3.63, 3.8) is 0 Å². The van der Waals surface area contributed by atoms with E-state index in [-0.39, 0.29) is 0 Å². The van der Waals surface area contributed by atoms with Crippen LogP contribution in [0.25, 0.3) is 0 Å². The quantitative estimate of drug-likeness (QED) is 0.835. The Hall–Kier alpha value is -1.40. The molecule has 1 aromatic carbocycles. The zero-order valence-electron chi connectivity index (χ0n) is 13.9. The molecular formula is C18H24ClN3O2. The van der Waals surface area contributed by atoms with Crippen LogP contribution in [0.1, 0.15) is 30.0 Å². The minimum atomic E-state index is -0.491. The Balaban J connectivity index is 1.45. The number of aryl methyl sites for hydroxylation is 1. The summed E-state index contributed by atoms with van der Waals surface area (Å²) < 4.78 is 7.47. The van der Waals surface area contributed by atoms with Crippen LogP contribution in [-0.4, -0.2) is 45.6 Å². The van der Waals surface area contributed by atoms with Crippen LogP contribution >= 0.6 is 11.6 Å². The molecule has 0 amide bonds. The van der Waals surface area contributed by atoms with Crippen LogP contribution in [0.2, 0.25) is 5.02 Å². The van der Waals surface area contributed by atoms with Gasteiger partial charge in [0.15, 0.2) is 0 Å². The van der Waals surface area contributed by atoms with Crippen molar-refractivity contribution in [3.05, 3.63) is 52.8 Å². The molecule has 2 aromatic rings. The van der Waals surface area contributed by atoms with Crippen LogP contribution < -0.4 is 0 Å². The van der Waals surface area contributed by atoms with Crippen molar-refractivity contribution in [1.29, 1.82) is 0 Å². The molecule has 6 heteroatoms. The van der Waals surface area contributed by atoms with Crippen LogP contribution in [0.5, 0.6) is 0 Å². The molecule has 1 N–H and O–H groups in total. The van der Waals surface area contributed by atoms with E-state index in [0.717, 1.165) is 24.9 Å². The number of rotatable bonds is 7. The van der Waals surface area contributed by atoms with Gasteiger partial charge in [-0.05, 0) is 37.1 Å². The van der Waals surface area contributed by atoms with E-state index in [2.05, 4.69) is 16.2 Å². The van der Waals surface area contributed by atoms with Crippen molar-refractivity contribution in [2.45, 2.75) is 31.6 Å². The van der Waals surface area contributed by atoms with E-state index in [1.165, 1.54) is 5.56 Å². The van der Waals surface area contributed by atoms with Gasteiger partial charge in [0.1, 0.15) is 0 Å². The summed E-state index contributed by atoms with van der Waals surface area (Å²) in [4.78, 5) is 2.33. The summed E-state index contributed by atoms with van der Waals surface area (Å²) in [5.41, 5.74) is 2.28. The molecule has 0 unspecified atom stereocenters. The number of aliphatic hydroxyl groups is 1. The van der Waals surface area contributed by atoms with Crippen molar-refractivity contribution in [2.75, 3.05) is 19.7 Å². The van der Waals surface area contributed by atoms with Crippen molar-refractivity contribution in [1.82, 2.24) is 14.7 Å². The lowest BCUT2D eigenvalue weighted by molar-refractivity contribution is 0.00771. The number of aliphatic hydroxyl groups excluding tert-OH is 1. The average molecular weight is 350 g/mol. The SMILES string of the molecule is Cn1cc([C@H]2CCCN2C[C@H](O)COCc2ccc(Cl)cc2)cn1. The number of likely N-dealkylation sites (tertiary alicyclic amines) is 1. The van der Waals surface area contributed by atoms with Crippen molar-refractivity contribution >= 4 is 11.6 Å². The third kappa shape index (κ3) is 4.57. The first-order valence-electron chi connectivity index (χ1n) is 8.34. The van der Waals surface area contributed by atoms with E-state index in [4.69, 9.17) is 16.3 Å². The predicted molar refractivity (Wildman–Crippen MR) is 93.9 cm³/mol. The number of β-amino-alcohol motifs (C(OH)–C–C–N with tert-alkyl or cyclic N) is 1. The molecule has 0 radical (unpaired) electrons. The van der Waals surface area contributed by atoms with E-state index in [9.17, 15) is 5.11 Å². The van der Waals surface area contributed by atoms with Crippen LogP contribution in [-0.2, 0) is 18.4 Å². The van der Waals surface area contributed by atoms with Crippen LogP contribution in [0.15, 0.2) is 36.7 Å². The fourth-order valence-electron chi connectivity index (χ4n) is 3.25. The second-order valence-corrected chi connectivity index (χ2v) is 6.83. The highest BCUT2D eigenvalue weighted by Crippen LogP contribution is 2.31. The second kappa shape index (κ2) is 8.12. The van der Waals surface area contributed by atoms with E-state index in [1.807, 2.05) is 42.2 Å². The van der Waals surface area contributed by atoms with Crippen molar-refractivity contribution in [2.24, 2.45) is 7.05 Å². The third-order valence-corrected chi connectivity index (χ3v) is 4.66. The molecule has 0 saturated carbocycles. The lowest BCUT2D eigenvalue weighted by atomic mass is 10.1. The highest BCUT2D eigenvalue weighted by atomic mass is 35.5. The number of benzene rings is 1. The molecule has 1 aromatic heterocycles. The topological polar surface area (TPSA) is 50.5 Å². The fraction of sp³-hybridized carbons (Fsp3) is 0.500. The lowest BCUT2D eigenvalue weighted by Gasteiger charge is -2.26. The normalized spacial score (nSPS) is 19.7. The van der Waals surface area contributed by atoms with E-state index in [0.29, 0.717) is 30.8 Å². The standard InChI is InChI=1S/C18H24ClN3O2/c1-21-10-15(9-20-21)18-3-2-8-22(18)11-17(23)13-24-12-14-4-6-16(19)7-5-14/h4-7,9-10,17-18,23H,2-3,8,11-13H2,1H3/t17-,18+/m0/s1. The number of halogens is 1. The number of ether oxygens (including phenoxy) is 1. The molecule has 2 heterocycles. The molecule has 3 rings (SSSR count). The van der Waals surface area contributed by atoms with Crippen molar-refractivity contribution in [3.8, 4) is 0 Å². The van der Waals surface area contributed by atoms with Gasteiger partial charge < -0.3 is 9.84 Å². The molecule has 0 spiro atoms. The molecule has 1 aliphatic rings. The van der Waals surface area contributed by atoms with Gasteiger partial charge in [-0.2, -0.15) is 5.10 Å². The third-order valence-electron chi connectivity index (χ3n) is 4.41. The van der Waals surface area contributed by atoms with Gasteiger partial charge in [-0.25, -0.2) is 0 Å². The maximum Gasteiger partial charge on any atom is 0.0900 e. The Labute approximate surface area is 147 Å². The fourth-order valence-corrected chi connectivity index (χ4v) is 3.38. The average Bonchev–Trinajstić information content (AvgIpc) is 3.18. The molecule has 2 atom stereocenters. The summed E-state index contributed by atoms with van der Waals surface area (Å²) in [5.74, 6) is 0. The summed E-state index contributed by atoms with van der Waals surface area (Å²) in [5, 5.41) is 15.3. The highest BCUT2D eigenvalue weighted by Gasteiger charge is 2.28. The highest BCUT2D eigenvalue weighted by molar-refractivity contribution is 6.30. The molecule has 1 fully saturated rings. The first-order valence-corrected chi connectivity index (χ1v) is 8.72. The van der Waals surface area contributed by atoms with Gasteiger partial charge in [-0.3, -0.25) is 9.58 Å². The number of nitrogens with zero attached hydrogens (tertiary/aromatic N) is 3. The van der Waals surface area contributed by atoms with Gasteiger partial charge in [-0.15, -0.1) is 0 Å². The summed E-state index contributed by atoms with van der Waals surface area (Å²) in [7, 11) is 1.93. The largest absolute Gasteiger partial charge is 0.389 e. The van der Waals surface area contributed by atoms with Gasteiger partial charge in [0.25, 0.3) is 0 Å².